The van der Waals surface area contributed by atoms with Crippen molar-refractivity contribution in [1.82, 2.24) is 55.3 Å². The summed E-state index contributed by atoms with van der Waals surface area (Å²) in [6, 6.07) is 12.8. The molecule has 3 N–H and O–H groups in total. The molecule has 2 unspecified atom stereocenters. The number of aromatic nitrogens is 8. The number of rotatable bonds is 36. The Kier molecular flexibility index (Phi) is 24.9. The molecule has 3 aliphatic heterocycles. The molecule has 2 atom stereocenters. The summed E-state index contributed by atoms with van der Waals surface area (Å²) >= 11 is 0. The molecule has 26 nitrogen and oxygen atoms in total. The quantitative estimate of drug-likeness (QED) is 0.0334. The summed E-state index contributed by atoms with van der Waals surface area (Å²) in [4.78, 5) is 59.4. The first-order valence-corrected chi connectivity index (χ1v) is 26.4. The molecule has 6 heterocycles. The number of allylic oxidation sites excluding steroid dienone is 1. The number of ketones is 1. The van der Waals surface area contributed by atoms with Crippen molar-refractivity contribution in [2.45, 2.75) is 51.9 Å². The fraction of sp³-hybridized carbons (Fsp3) is 0.528. The van der Waals surface area contributed by atoms with E-state index in [1.807, 2.05) is 36.5 Å². The van der Waals surface area contributed by atoms with E-state index in [1.165, 1.54) is 41.7 Å². The molecule has 2 amide bonds. The predicted octanol–water partition coefficient (Wildman–Crippen LogP) is 2.13. The number of nitriles is 1. The second-order valence-electron chi connectivity index (χ2n) is 17.9. The Morgan fingerprint density at radius 3 is 2.13 bits per heavy atom. The molecule has 424 valence electrons. The number of piperidine rings is 1. The Morgan fingerprint density at radius 2 is 1.46 bits per heavy atom. The number of anilines is 1. The molecule has 0 bridgehead atoms. The minimum atomic E-state index is -0.697. The third kappa shape index (κ3) is 18.6. The number of hydrogen-bond donors (Lipinski definition) is 3. The average Bonchev–Trinajstić information content (AvgIpc) is 4.48. The molecule has 1 saturated heterocycles. The highest BCUT2D eigenvalue weighted by molar-refractivity contribution is 6.43. The molecule has 1 aromatic carbocycles. The Hall–Kier alpha value is -7.35. The molecule has 4 aromatic rings. The molecule has 26 heteroatoms. The van der Waals surface area contributed by atoms with Gasteiger partial charge in [-0.05, 0) is 30.4 Å². The molecule has 0 radical (unpaired) electrons. The minimum absolute atomic E-state index is 0.0695. The summed E-state index contributed by atoms with van der Waals surface area (Å²) in [5.41, 5.74) is 3.86. The van der Waals surface area contributed by atoms with Crippen LogP contribution in [0.2, 0.25) is 0 Å². The van der Waals surface area contributed by atoms with E-state index in [2.05, 4.69) is 64.3 Å². The van der Waals surface area contributed by atoms with Gasteiger partial charge in [0.2, 0.25) is 11.6 Å². The summed E-state index contributed by atoms with van der Waals surface area (Å²) in [6.07, 6.45) is 9.50. The number of nitrogens with one attached hydrogen (secondary N) is 3. The summed E-state index contributed by atoms with van der Waals surface area (Å²) in [5.74, 6) is -1.43. The van der Waals surface area contributed by atoms with E-state index in [9.17, 15) is 19.6 Å². The number of ether oxygens (including phenoxy) is 9. The summed E-state index contributed by atoms with van der Waals surface area (Å²) in [6.45, 7) is 11.5. The number of amides is 2. The van der Waals surface area contributed by atoms with E-state index in [-0.39, 0.29) is 17.9 Å². The highest BCUT2D eigenvalue weighted by Gasteiger charge is 2.45. The molecular formula is C53H70N14O12. The van der Waals surface area contributed by atoms with Crippen LogP contribution in [0.25, 0.3) is 5.57 Å². The number of carbonyl (C=O) groups is 3. The van der Waals surface area contributed by atoms with Crippen LogP contribution in [0.5, 0.6) is 0 Å². The lowest BCUT2D eigenvalue weighted by atomic mass is 9.87. The lowest BCUT2D eigenvalue weighted by molar-refractivity contribution is -0.143. The lowest BCUT2D eigenvalue weighted by Crippen LogP contribution is -2.45. The third-order valence-electron chi connectivity index (χ3n) is 12.4. The van der Waals surface area contributed by atoms with Crippen molar-refractivity contribution < 1.29 is 57.0 Å². The second-order valence-corrected chi connectivity index (χ2v) is 17.9. The Labute approximate surface area is 458 Å². The van der Waals surface area contributed by atoms with E-state index in [4.69, 9.17) is 42.6 Å². The molecule has 0 spiro atoms. The van der Waals surface area contributed by atoms with E-state index < -0.39 is 29.6 Å². The largest absolute Gasteiger partial charge is 0.499 e. The van der Waals surface area contributed by atoms with Crippen LogP contribution in [0, 0.1) is 17.2 Å². The van der Waals surface area contributed by atoms with Gasteiger partial charge in [-0.1, -0.05) is 42.5 Å². The van der Waals surface area contributed by atoms with E-state index in [1.54, 1.807) is 10.7 Å². The molecule has 7 rings (SSSR count). The highest BCUT2D eigenvalue weighted by Crippen LogP contribution is 2.34. The average molecular weight is 1100 g/mol. The fourth-order valence-corrected chi connectivity index (χ4v) is 8.40. The minimum Gasteiger partial charge on any atom is -0.499 e. The van der Waals surface area contributed by atoms with Crippen molar-refractivity contribution in [3.8, 4) is 6.07 Å². The maximum atomic E-state index is 13.8. The van der Waals surface area contributed by atoms with Crippen LogP contribution in [0.4, 0.5) is 5.82 Å². The van der Waals surface area contributed by atoms with Crippen LogP contribution in [0.15, 0.2) is 89.5 Å². The molecular weight excluding hydrogens is 1020 g/mol. The number of benzene rings is 1. The normalized spacial score (nSPS) is 15.8. The third-order valence-corrected chi connectivity index (χ3v) is 12.4. The maximum Gasteiger partial charge on any atom is 0.294 e. The zero-order valence-corrected chi connectivity index (χ0v) is 44.8. The first kappa shape index (κ1) is 59.3. The first-order valence-electron chi connectivity index (χ1n) is 26.4. The maximum absolute atomic E-state index is 13.8. The topological polar surface area (TPSA) is 297 Å². The van der Waals surface area contributed by atoms with Crippen molar-refractivity contribution in [2.24, 2.45) is 10.9 Å². The number of Topliss-reactive ketones (excluding diaryl/α,β-unsaturated/α-hetero) is 1. The smallest absolute Gasteiger partial charge is 0.294 e. The van der Waals surface area contributed by atoms with Crippen molar-refractivity contribution in [3.05, 3.63) is 107 Å². The van der Waals surface area contributed by atoms with Gasteiger partial charge in [-0.2, -0.15) is 5.26 Å². The van der Waals surface area contributed by atoms with Crippen molar-refractivity contribution in [3.63, 3.8) is 0 Å². The Balaban J connectivity index is 0.705. The standard InChI is InChI=1S/C53H70N14O12/c1-3-15-72-18-21-75-24-25-77-23-20-74-17-14-66-35-42(62-64-66)36-79-29-28-78-27-26-76-22-19-73-16-11-55-46-30-41(59-37-60-46)32-58-52(69)50-61-38-67(63-50)51-48-47(45(71-2)34-57-51)44(33-56-48)49(68)53(70)65-12-9-40(10-13-65)43(31-54)39-7-5-4-6-8-39/h4-8,30,33-35,37-38,47-48,56H,3,9-29,32,36H2,1-2H3,(H,58,69)(H,55,59,60). The molecule has 0 aliphatic carbocycles. The predicted molar refractivity (Wildman–Crippen MR) is 284 cm³/mol. The Bertz CT molecular complexity index is 2710. The second kappa shape index (κ2) is 33.2. The zero-order chi connectivity index (χ0) is 55.3. The van der Waals surface area contributed by atoms with Crippen LogP contribution >= 0.6 is 0 Å². The number of fused-ring (bicyclic) bond motifs is 1. The molecule has 79 heavy (non-hydrogen) atoms. The number of hydrogen-bond acceptors (Lipinski definition) is 22. The lowest BCUT2D eigenvalue weighted by Gasteiger charge is -2.30. The van der Waals surface area contributed by atoms with Gasteiger partial charge in [0.05, 0.1) is 155 Å². The van der Waals surface area contributed by atoms with Gasteiger partial charge < -0.3 is 63.5 Å². The van der Waals surface area contributed by atoms with Crippen molar-refractivity contribution >= 4 is 34.8 Å². The van der Waals surface area contributed by atoms with Crippen LogP contribution in [-0.4, -0.2) is 200 Å². The van der Waals surface area contributed by atoms with Gasteiger partial charge in [0, 0.05) is 44.1 Å². The number of likely N-dealkylation sites (tertiary alicyclic amines) is 1. The molecule has 0 saturated carbocycles. The van der Waals surface area contributed by atoms with Crippen LogP contribution in [-0.2, 0) is 71.9 Å². The Morgan fingerprint density at radius 1 is 0.797 bits per heavy atom. The van der Waals surface area contributed by atoms with Crippen LogP contribution in [0.3, 0.4) is 0 Å². The van der Waals surface area contributed by atoms with Gasteiger partial charge >= 0.3 is 0 Å². The monoisotopic (exact) mass is 1090 g/mol. The summed E-state index contributed by atoms with van der Waals surface area (Å²) in [5, 5.41) is 31.6. The highest BCUT2D eigenvalue weighted by atomic mass is 16.6. The molecule has 3 aromatic heterocycles. The van der Waals surface area contributed by atoms with Gasteiger partial charge in [-0.15, -0.1) is 10.2 Å². The summed E-state index contributed by atoms with van der Waals surface area (Å²) in [7, 11) is 1.47. The molecule has 1 fully saturated rings. The summed E-state index contributed by atoms with van der Waals surface area (Å²) < 4.78 is 53.1. The molecule has 3 aliphatic rings. The van der Waals surface area contributed by atoms with Gasteiger partial charge in [0.1, 0.15) is 36.0 Å². The van der Waals surface area contributed by atoms with Crippen LogP contribution < -0.4 is 16.0 Å². The number of aliphatic imine (C=N–C) groups is 1. The van der Waals surface area contributed by atoms with Gasteiger partial charge in [0.15, 0.2) is 5.84 Å². The van der Waals surface area contributed by atoms with E-state index >= 15 is 0 Å². The first-order chi connectivity index (χ1) is 38.9. The SMILES string of the molecule is CCCOCCOCCOCCOCCn1cc(COCCOCCOCCOCCNc2cc(CNC(=O)c3ncn(C4=NC=C(OC)C5C(C(=O)C(=O)N6CCC(=C(C#N)c7ccccc7)CC6)=CNC45)n3)ncn2)nn1. The van der Waals surface area contributed by atoms with Gasteiger partial charge in [-0.25, -0.2) is 29.3 Å². The van der Waals surface area contributed by atoms with E-state index in [0.29, 0.717) is 167 Å². The number of nitrogens with zero attached hydrogens (tertiary/aromatic N) is 11. The number of methoxy groups -OCH3 is 1. The van der Waals surface area contributed by atoms with Gasteiger partial charge in [-0.3, -0.25) is 14.4 Å². The van der Waals surface area contributed by atoms with E-state index in [0.717, 1.165) is 29.9 Å². The van der Waals surface area contributed by atoms with Crippen LogP contribution in [0.1, 0.15) is 53.8 Å². The van der Waals surface area contributed by atoms with Crippen molar-refractivity contribution in [2.75, 3.05) is 131 Å². The van der Waals surface area contributed by atoms with Gasteiger partial charge in [0.25, 0.3) is 11.8 Å². The zero-order valence-electron chi connectivity index (χ0n) is 44.8. The van der Waals surface area contributed by atoms with Crippen molar-refractivity contribution in [1.29, 1.82) is 5.26 Å². The fourth-order valence-electron chi connectivity index (χ4n) is 8.40. The number of carbonyl (C=O) groups excluding carboxylic acids is 3.